The standard InChI is InChI=1S/C17H18Cl2N2O.C10H4Cl3NO/c1-10(11-4-2-3-5-11)21-17(22)12-6-7-13-14(8-12)16(19)20-9-15(13)18;11-8-4-14-9(12)7-3-5(10(13)15)1-2-6(7)8/h6-11H,2-5H2,1H3,(H,21,22);1-4H. The van der Waals surface area contributed by atoms with Crippen LogP contribution in [-0.4, -0.2) is 27.2 Å². The minimum absolute atomic E-state index is 0.0719. The zero-order valence-electron chi connectivity index (χ0n) is 19.7. The van der Waals surface area contributed by atoms with Crippen molar-refractivity contribution in [2.75, 3.05) is 0 Å². The average Bonchev–Trinajstić information content (AvgIpc) is 3.44. The summed E-state index contributed by atoms with van der Waals surface area (Å²) in [6, 6.07) is 10.4. The number of halogens is 5. The summed E-state index contributed by atoms with van der Waals surface area (Å²) in [4.78, 5) is 31.3. The van der Waals surface area contributed by atoms with Crippen LogP contribution in [0.4, 0.5) is 0 Å². The maximum Gasteiger partial charge on any atom is 0.252 e. The second-order valence-electron chi connectivity index (χ2n) is 8.89. The van der Waals surface area contributed by atoms with Gasteiger partial charge in [-0.1, -0.05) is 71.4 Å². The predicted octanol–water partition coefficient (Wildman–Crippen LogP) is 8.77. The Bertz CT molecular complexity index is 1490. The van der Waals surface area contributed by atoms with Crippen molar-refractivity contribution < 1.29 is 9.59 Å². The SMILES string of the molecule is CC(NC(=O)c1ccc2c(Cl)cnc(Cl)c2c1)C1CCCC1.O=C(Cl)c1ccc2c(Cl)cnc(Cl)c2c1. The second kappa shape index (κ2) is 12.1. The molecule has 0 saturated heterocycles. The Balaban J connectivity index is 0.000000186. The van der Waals surface area contributed by atoms with Crippen molar-refractivity contribution >= 4 is 90.7 Å². The number of carbonyl (C=O) groups is 2. The topological polar surface area (TPSA) is 72.0 Å². The number of hydrogen-bond donors (Lipinski definition) is 1. The highest BCUT2D eigenvalue weighted by Gasteiger charge is 2.23. The zero-order valence-corrected chi connectivity index (χ0v) is 23.5. The third-order valence-electron chi connectivity index (χ3n) is 6.54. The van der Waals surface area contributed by atoms with Crippen LogP contribution in [0.5, 0.6) is 0 Å². The van der Waals surface area contributed by atoms with Gasteiger partial charge in [0.15, 0.2) is 0 Å². The van der Waals surface area contributed by atoms with Gasteiger partial charge in [0.2, 0.25) is 0 Å². The molecule has 2 aromatic heterocycles. The third-order valence-corrected chi connectivity index (χ3v) is 7.96. The normalized spacial score (nSPS) is 14.3. The number of nitrogens with one attached hydrogen (secondary N) is 1. The summed E-state index contributed by atoms with van der Waals surface area (Å²) >= 11 is 29.4. The van der Waals surface area contributed by atoms with E-state index in [0.29, 0.717) is 48.2 Å². The number of benzene rings is 2. The Morgan fingerprint density at radius 1 is 0.811 bits per heavy atom. The molecule has 5 rings (SSSR count). The third kappa shape index (κ3) is 6.47. The molecule has 0 radical (unpaired) electrons. The molecule has 2 heterocycles. The summed E-state index contributed by atoms with van der Waals surface area (Å²) in [6.07, 6.45) is 7.92. The summed E-state index contributed by atoms with van der Waals surface area (Å²) < 4.78 is 0. The first-order valence-electron chi connectivity index (χ1n) is 11.6. The van der Waals surface area contributed by atoms with Crippen LogP contribution in [0.15, 0.2) is 48.8 Å². The molecule has 37 heavy (non-hydrogen) atoms. The lowest BCUT2D eigenvalue weighted by Crippen LogP contribution is -2.37. The van der Waals surface area contributed by atoms with E-state index in [1.54, 1.807) is 30.3 Å². The van der Waals surface area contributed by atoms with Gasteiger partial charge in [0, 0.05) is 51.1 Å². The Hall–Kier alpha value is -2.15. The van der Waals surface area contributed by atoms with E-state index in [0.717, 1.165) is 10.8 Å². The molecule has 1 fully saturated rings. The van der Waals surface area contributed by atoms with Crippen LogP contribution in [0.2, 0.25) is 20.4 Å². The molecular weight excluding hydrogens is 576 g/mol. The van der Waals surface area contributed by atoms with E-state index < -0.39 is 5.24 Å². The lowest BCUT2D eigenvalue weighted by molar-refractivity contribution is 0.0927. The van der Waals surface area contributed by atoms with Gasteiger partial charge < -0.3 is 5.32 Å². The van der Waals surface area contributed by atoms with E-state index in [9.17, 15) is 9.59 Å². The predicted molar refractivity (Wildman–Crippen MR) is 153 cm³/mol. The molecule has 4 aromatic rings. The van der Waals surface area contributed by atoms with Crippen LogP contribution in [0.1, 0.15) is 53.3 Å². The van der Waals surface area contributed by atoms with E-state index in [4.69, 9.17) is 58.0 Å². The molecule has 10 heteroatoms. The Labute approximate surface area is 239 Å². The smallest absolute Gasteiger partial charge is 0.252 e. The van der Waals surface area contributed by atoms with Crippen LogP contribution < -0.4 is 5.32 Å². The fourth-order valence-electron chi connectivity index (χ4n) is 4.48. The monoisotopic (exact) mass is 595 g/mol. The highest BCUT2D eigenvalue weighted by molar-refractivity contribution is 6.67. The molecule has 2 aromatic carbocycles. The second-order valence-corrected chi connectivity index (χ2v) is 10.8. The molecular formula is C27H22Cl5N3O2. The molecule has 0 spiro atoms. The maximum atomic E-state index is 12.4. The minimum Gasteiger partial charge on any atom is -0.349 e. The Kier molecular flexibility index (Phi) is 9.15. The number of rotatable bonds is 4. The van der Waals surface area contributed by atoms with Gasteiger partial charge in [-0.25, -0.2) is 9.97 Å². The van der Waals surface area contributed by atoms with E-state index in [2.05, 4.69) is 22.2 Å². The molecule has 0 aliphatic heterocycles. The first-order chi connectivity index (χ1) is 17.7. The lowest BCUT2D eigenvalue weighted by atomic mass is 9.99. The van der Waals surface area contributed by atoms with Gasteiger partial charge in [-0.3, -0.25) is 9.59 Å². The van der Waals surface area contributed by atoms with Crippen LogP contribution in [0, 0.1) is 5.92 Å². The molecule has 192 valence electrons. The van der Waals surface area contributed by atoms with Crippen molar-refractivity contribution in [2.45, 2.75) is 38.6 Å². The summed E-state index contributed by atoms with van der Waals surface area (Å²) in [6.45, 7) is 2.08. The number of amides is 1. The number of aromatic nitrogens is 2. The van der Waals surface area contributed by atoms with Gasteiger partial charge in [-0.15, -0.1) is 0 Å². The highest BCUT2D eigenvalue weighted by atomic mass is 35.5. The Morgan fingerprint density at radius 3 is 1.81 bits per heavy atom. The van der Waals surface area contributed by atoms with Gasteiger partial charge in [0.05, 0.1) is 10.0 Å². The minimum atomic E-state index is -0.534. The summed E-state index contributed by atoms with van der Waals surface area (Å²) in [5.74, 6) is 0.515. The number of pyridine rings is 2. The van der Waals surface area contributed by atoms with Gasteiger partial charge >= 0.3 is 0 Å². The molecule has 1 unspecified atom stereocenters. The molecule has 1 saturated carbocycles. The molecule has 1 N–H and O–H groups in total. The summed E-state index contributed by atoms with van der Waals surface area (Å²) in [5, 5.41) is 7.13. The van der Waals surface area contributed by atoms with Crippen LogP contribution in [0.3, 0.4) is 0 Å². The lowest BCUT2D eigenvalue weighted by Gasteiger charge is -2.20. The average molecular weight is 598 g/mol. The first-order valence-corrected chi connectivity index (χ1v) is 13.5. The van der Waals surface area contributed by atoms with Crippen LogP contribution in [-0.2, 0) is 0 Å². The van der Waals surface area contributed by atoms with Crippen molar-refractivity contribution in [1.29, 1.82) is 0 Å². The van der Waals surface area contributed by atoms with E-state index in [1.807, 2.05) is 6.07 Å². The highest BCUT2D eigenvalue weighted by Crippen LogP contribution is 2.31. The van der Waals surface area contributed by atoms with Crippen molar-refractivity contribution in [3.05, 3.63) is 80.3 Å². The fraction of sp³-hybridized carbons (Fsp3) is 0.259. The first kappa shape index (κ1) is 27.9. The molecule has 1 aliphatic rings. The quantitative estimate of drug-likeness (QED) is 0.189. The van der Waals surface area contributed by atoms with Crippen molar-refractivity contribution in [2.24, 2.45) is 5.92 Å². The zero-order chi connectivity index (χ0) is 26.7. The van der Waals surface area contributed by atoms with Crippen molar-refractivity contribution in [3.8, 4) is 0 Å². The number of nitrogens with zero attached hydrogens (tertiary/aromatic N) is 2. The van der Waals surface area contributed by atoms with Crippen LogP contribution in [0.25, 0.3) is 21.5 Å². The summed E-state index contributed by atoms with van der Waals surface area (Å²) in [5.41, 5.74) is 0.957. The summed E-state index contributed by atoms with van der Waals surface area (Å²) in [7, 11) is 0. The number of hydrogen-bond acceptors (Lipinski definition) is 4. The van der Waals surface area contributed by atoms with Gasteiger partial charge in [-0.05, 0) is 61.5 Å². The van der Waals surface area contributed by atoms with Crippen LogP contribution >= 0.6 is 58.0 Å². The van der Waals surface area contributed by atoms with E-state index in [1.165, 1.54) is 38.1 Å². The van der Waals surface area contributed by atoms with Gasteiger partial charge in [-0.2, -0.15) is 0 Å². The van der Waals surface area contributed by atoms with Crippen molar-refractivity contribution in [1.82, 2.24) is 15.3 Å². The fourth-order valence-corrected chi connectivity index (χ4v) is 5.44. The molecule has 0 bridgehead atoms. The number of fused-ring (bicyclic) bond motifs is 2. The Morgan fingerprint density at radius 2 is 1.30 bits per heavy atom. The molecule has 1 aliphatic carbocycles. The van der Waals surface area contributed by atoms with Gasteiger partial charge in [0.1, 0.15) is 10.3 Å². The molecule has 1 amide bonds. The van der Waals surface area contributed by atoms with E-state index >= 15 is 0 Å². The maximum absolute atomic E-state index is 12.4. The molecule has 1 atom stereocenters. The molecule has 5 nitrogen and oxygen atoms in total. The number of carbonyl (C=O) groups excluding carboxylic acids is 2. The largest absolute Gasteiger partial charge is 0.349 e. The van der Waals surface area contributed by atoms with Crippen molar-refractivity contribution in [3.63, 3.8) is 0 Å². The van der Waals surface area contributed by atoms with E-state index in [-0.39, 0.29) is 11.9 Å². The van der Waals surface area contributed by atoms with Gasteiger partial charge in [0.25, 0.3) is 11.1 Å².